The maximum atomic E-state index is 12.1. The maximum Gasteiger partial charge on any atom is 0.224 e. The molecule has 98 valence electrons. The third kappa shape index (κ3) is 2.67. The number of fused-ring (bicyclic) bond motifs is 1. The van der Waals surface area contributed by atoms with E-state index in [0.717, 1.165) is 17.5 Å². The van der Waals surface area contributed by atoms with Gasteiger partial charge in [-0.3, -0.25) is 4.79 Å². The van der Waals surface area contributed by atoms with E-state index >= 15 is 0 Å². The molecule has 2 nitrogen and oxygen atoms in total. The van der Waals surface area contributed by atoms with Gasteiger partial charge < -0.3 is 5.32 Å². The Labute approximate surface area is 121 Å². The molecule has 3 rings (SSSR count). The molecule has 0 bridgehead atoms. The molecule has 1 amide bonds. The molecule has 0 spiro atoms. The summed E-state index contributed by atoms with van der Waals surface area (Å²) in [7, 11) is 0. The van der Waals surface area contributed by atoms with Crippen molar-refractivity contribution in [1.82, 2.24) is 5.32 Å². The van der Waals surface area contributed by atoms with E-state index in [1.807, 2.05) is 35.0 Å². The number of carbonyl (C=O) groups excluding carboxylic acids is 1. The van der Waals surface area contributed by atoms with Crippen LogP contribution in [0.15, 0.2) is 41.1 Å². The summed E-state index contributed by atoms with van der Waals surface area (Å²) in [6.45, 7) is 0. The maximum absolute atomic E-state index is 12.1. The van der Waals surface area contributed by atoms with E-state index in [9.17, 15) is 4.79 Å². The fraction of sp³-hybridized carbons (Fsp3) is 0.267. The predicted octanol–water partition coefficient (Wildman–Crippen LogP) is 3.31. The first kappa shape index (κ1) is 12.7. The van der Waals surface area contributed by atoms with Crippen molar-refractivity contribution in [3.8, 4) is 0 Å². The number of amides is 1. The summed E-state index contributed by atoms with van der Waals surface area (Å²) < 4.78 is 0. The number of thiophene rings is 1. The number of nitrogens with one attached hydrogen (secondary N) is 1. The molecule has 2 unspecified atom stereocenters. The van der Waals surface area contributed by atoms with Crippen LogP contribution >= 0.6 is 22.9 Å². The number of rotatable bonds is 3. The molecule has 0 fully saturated rings. The molecule has 0 saturated heterocycles. The summed E-state index contributed by atoms with van der Waals surface area (Å²) in [6.07, 6.45) is 1.24. The minimum absolute atomic E-state index is 0.0331. The van der Waals surface area contributed by atoms with Gasteiger partial charge in [-0.05, 0) is 39.9 Å². The van der Waals surface area contributed by atoms with Gasteiger partial charge in [-0.1, -0.05) is 24.3 Å². The topological polar surface area (TPSA) is 29.1 Å². The van der Waals surface area contributed by atoms with Crippen molar-refractivity contribution < 1.29 is 4.79 Å². The van der Waals surface area contributed by atoms with Crippen molar-refractivity contribution in [2.75, 3.05) is 0 Å². The van der Waals surface area contributed by atoms with Gasteiger partial charge >= 0.3 is 0 Å². The Hall–Kier alpha value is -1.32. The fourth-order valence-corrected chi connectivity index (χ4v) is 3.55. The molecule has 2 aromatic rings. The van der Waals surface area contributed by atoms with Crippen molar-refractivity contribution >= 4 is 28.8 Å². The number of alkyl halides is 1. The summed E-state index contributed by atoms with van der Waals surface area (Å²) >= 11 is 7.96. The van der Waals surface area contributed by atoms with Gasteiger partial charge in [0, 0.05) is 0 Å². The minimum atomic E-state index is -0.0657. The average molecular weight is 292 g/mol. The number of halogens is 1. The highest BCUT2D eigenvalue weighted by molar-refractivity contribution is 7.08. The lowest BCUT2D eigenvalue weighted by Crippen LogP contribution is -2.32. The van der Waals surface area contributed by atoms with Gasteiger partial charge in [-0.25, -0.2) is 0 Å². The van der Waals surface area contributed by atoms with Crippen LogP contribution in [-0.4, -0.2) is 11.3 Å². The molecule has 0 saturated carbocycles. The number of benzene rings is 1. The molecule has 1 heterocycles. The second kappa shape index (κ2) is 5.35. The Kier molecular flexibility index (Phi) is 3.58. The van der Waals surface area contributed by atoms with E-state index in [2.05, 4.69) is 11.4 Å². The zero-order valence-electron chi connectivity index (χ0n) is 10.3. The van der Waals surface area contributed by atoms with Gasteiger partial charge in [0.25, 0.3) is 0 Å². The first-order chi connectivity index (χ1) is 9.24. The minimum Gasteiger partial charge on any atom is -0.347 e. The van der Waals surface area contributed by atoms with Crippen LogP contribution < -0.4 is 5.32 Å². The summed E-state index contributed by atoms with van der Waals surface area (Å²) in [5.74, 6) is 0.0331. The Bertz CT molecular complexity index is 582. The first-order valence-corrected chi connectivity index (χ1v) is 7.64. The molecule has 19 heavy (non-hydrogen) atoms. The zero-order chi connectivity index (χ0) is 13.2. The van der Waals surface area contributed by atoms with E-state index in [-0.39, 0.29) is 17.3 Å². The van der Waals surface area contributed by atoms with Crippen LogP contribution in [0.5, 0.6) is 0 Å². The third-order valence-corrected chi connectivity index (χ3v) is 4.57. The second-order valence-corrected chi connectivity index (χ2v) is 6.11. The summed E-state index contributed by atoms with van der Waals surface area (Å²) in [6, 6.07) is 10.0. The standard InChI is InChI=1S/C15H14ClNOS/c16-13-8-11-3-1-2-4-12(11)15(13)17-14(18)7-10-5-6-19-9-10/h1-6,9,13,15H,7-8H2,(H,17,18). The van der Waals surface area contributed by atoms with E-state index in [0.29, 0.717) is 6.42 Å². The van der Waals surface area contributed by atoms with Crippen molar-refractivity contribution in [3.63, 3.8) is 0 Å². The van der Waals surface area contributed by atoms with Crippen LogP contribution in [0, 0.1) is 0 Å². The van der Waals surface area contributed by atoms with Crippen LogP contribution in [0.25, 0.3) is 0 Å². The molecule has 1 aliphatic rings. The molecule has 0 aliphatic heterocycles. The lowest BCUT2D eigenvalue weighted by molar-refractivity contribution is -0.121. The van der Waals surface area contributed by atoms with Gasteiger partial charge in [0.05, 0.1) is 17.8 Å². The normalized spacial score (nSPS) is 21.1. The average Bonchev–Trinajstić information content (AvgIpc) is 2.99. The molecule has 1 aromatic carbocycles. The van der Waals surface area contributed by atoms with Gasteiger partial charge in [-0.15, -0.1) is 11.6 Å². The van der Waals surface area contributed by atoms with Crippen LogP contribution in [0.1, 0.15) is 22.7 Å². The van der Waals surface area contributed by atoms with E-state index in [1.165, 1.54) is 5.56 Å². The highest BCUT2D eigenvalue weighted by Gasteiger charge is 2.31. The number of carbonyl (C=O) groups is 1. The van der Waals surface area contributed by atoms with Gasteiger partial charge in [0.15, 0.2) is 0 Å². The molecule has 0 radical (unpaired) electrons. The number of hydrogen-bond acceptors (Lipinski definition) is 2. The molecule has 1 aliphatic carbocycles. The lowest BCUT2D eigenvalue weighted by atomic mass is 10.1. The molecule has 4 heteroatoms. The molecular formula is C15H14ClNOS. The zero-order valence-corrected chi connectivity index (χ0v) is 11.9. The van der Waals surface area contributed by atoms with Crippen LogP contribution in [0.4, 0.5) is 0 Å². The van der Waals surface area contributed by atoms with Gasteiger partial charge in [0.2, 0.25) is 5.91 Å². The van der Waals surface area contributed by atoms with Crippen LogP contribution in [-0.2, 0) is 17.6 Å². The van der Waals surface area contributed by atoms with Crippen LogP contribution in [0.3, 0.4) is 0 Å². The van der Waals surface area contributed by atoms with Crippen molar-refractivity contribution in [2.45, 2.75) is 24.3 Å². The quantitative estimate of drug-likeness (QED) is 0.864. The Morgan fingerprint density at radius 2 is 2.21 bits per heavy atom. The van der Waals surface area contributed by atoms with Crippen molar-refractivity contribution in [3.05, 3.63) is 57.8 Å². The van der Waals surface area contributed by atoms with Crippen LogP contribution in [0.2, 0.25) is 0 Å². The highest BCUT2D eigenvalue weighted by Crippen LogP contribution is 2.34. The molecule has 1 aromatic heterocycles. The lowest BCUT2D eigenvalue weighted by Gasteiger charge is -2.17. The largest absolute Gasteiger partial charge is 0.347 e. The third-order valence-electron chi connectivity index (χ3n) is 3.43. The van der Waals surface area contributed by atoms with Crippen molar-refractivity contribution in [2.24, 2.45) is 0 Å². The fourth-order valence-electron chi connectivity index (χ4n) is 2.52. The van der Waals surface area contributed by atoms with Gasteiger partial charge in [-0.2, -0.15) is 11.3 Å². The SMILES string of the molecule is O=C(Cc1ccsc1)NC1c2ccccc2CC1Cl. The Morgan fingerprint density at radius 1 is 1.37 bits per heavy atom. The molecular weight excluding hydrogens is 278 g/mol. The first-order valence-electron chi connectivity index (χ1n) is 6.26. The molecule has 2 atom stereocenters. The Morgan fingerprint density at radius 3 is 3.00 bits per heavy atom. The summed E-state index contributed by atoms with van der Waals surface area (Å²) in [5, 5.41) is 6.99. The molecule has 1 N–H and O–H groups in total. The smallest absolute Gasteiger partial charge is 0.224 e. The predicted molar refractivity (Wildman–Crippen MR) is 78.7 cm³/mol. The van der Waals surface area contributed by atoms with Gasteiger partial charge in [0.1, 0.15) is 0 Å². The number of hydrogen-bond donors (Lipinski definition) is 1. The second-order valence-electron chi connectivity index (χ2n) is 4.77. The van der Waals surface area contributed by atoms with E-state index in [4.69, 9.17) is 11.6 Å². The summed E-state index contributed by atoms with van der Waals surface area (Å²) in [4.78, 5) is 12.1. The Balaban J connectivity index is 1.71. The van der Waals surface area contributed by atoms with E-state index < -0.39 is 0 Å². The van der Waals surface area contributed by atoms with E-state index in [1.54, 1.807) is 11.3 Å². The summed E-state index contributed by atoms with van der Waals surface area (Å²) in [5.41, 5.74) is 3.45. The van der Waals surface area contributed by atoms with Crippen molar-refractivity contribution in [1.29, 1.82) is 0 Å². The monoisotopic (exact) mass is 291 g/mol. The highest BCUT2D eigenvalue weighted by atomic mass is 35.5.